The molecule has 7 heteroatoms. The monoisotopic (exact) mass is 262 g/mol. The quantitative estimate of drug-likeness (QED) is 0.730. The topological polar surface area (TPSA) is 103 Å². The van der Waals surface area contributed by atoms with Gasteiger partial charge in [-0.1, -0.05) is 11.2 Å². The number of carbonyl (C=O) groups is 1. The largest absolute Gasteiger partial charge is 0.484 e. The fourth-order valence-electron chi connectivity index (χ4n) is 1.42. The van der Waals surface area contributed by atoms with Gasteiger partial charge < -0.3 is 20.3 Å². The third-order valence-corrected chi connectivity index (χ3v) is 2.30. The fraction of sp³-hybridized carbons (Fsp3) is 0.250. The zero-order valence-corrected chi connectivity index (χ0v) is 10.2. The molecule has 0 radical (unpaired) electrons. The average Bonchev–Trinajstić information content (AvgIpc) is 2.90. The van der Waals surface area contributed by atoms with E-state index in [-0.39, 0.29) is 12.5 Å². The summed E-state index contributed by atoms with van der Waals surface area (Å²) in [5, 5.41) is 6.15. The molecule has 0 aliphatic rings. The van der Waals surface area contributed by atoms with Crippen molar-refractivity contribution in [3.8, 4) is 5.75 Å². The molecule has 1 aromatic carbocycles. The molecule has 1 aromatic heterocycles. The van der Waals surface area contributed by atoms with Gasteiger partial charge in [-0.05, 0) is 12.1 Å². The van der Waals surface area contributed by atoms with Gasteiger partial charge in [-0.3, -0.25) is 4.79 Å². The van der Waals surface area contributed by atoms with Crippen molar-refractivity contribution in [2.45, 2.75) is 6.42 Å². The van der Waals surface area contributed by atoms with Crippen LogP contribution in [0, 0.1) is 0 Å². The van der Waals surface area contributed by atoms with Gasteiger partial charge >= 0.3 is 0 Å². The van der Waals surface area contributed by atoms with Crippen LogP contribution in [0.5, 0.6) is 5.75 Å². The molecule has 1 amide bonds. The maximum atomic E-state index is 11.5. The Bertz CT molecular complexity index is 528. The van der Waals surface area contributed by atoms with Gasteiger partial charge in [-0.15, -0.1) is 0 Å². The Morgan fingerprint density at radius 1 is 1.47 bits per heavy atom. The van der Waals surface area contributed by atoms with E-state index in [0.29, 0.717) is 30.3 Å². The van der Waals surface area contributed by atoms with Crippen LogP contribution >= 0.6 is 0 Å². The summed E-state index contributed by atoms with van der Waals surface area (Å²) in [7, 11) is 0. The summed E-state index contributed by atoms with van der Waals surface area (Å²) in [6, 6.07) is 6.91. The van der Waals surface area contributed by atoms with Gasteiger partial charge in [-0.2, -0.15) is 4.98 Å². The van der Waals surface area contributed by atoms with Crippen molar-refractivity contribution < 1.29 is 14.1 Å². The predicted octanol–water partition coefficient (Wildman–Crippen LogP) is 0.389. The van der Waals surface area contributed by atoms with Crippen molar-refractivity contribution in [3.63, 3.8) is 0 Å². The van der Waals surface area contributed by atoms with E-state index >= 15 is 0 Å². The number of hydrogen-bond donors (Lipinski definition) is 2. The van der Waals surface area contributed by atoms with E-state index in [1.165, 1.54) is 6.33 Å². The number of anilines is 1. The summed E-state index contributed by atoms with van der Waals surface area (Å²) in [5.41, 5.74) is 6.19. The summed E-state index contributed by atoms with van der Waals surface area (Å²) in [6.45, 7) is 0.356. The fourth-order valence-corrected chi connectivity index (χ4v) is 1.42. The van der Waals surface area contributed by atoms with Crippen molar-refractivity contribution in [2.75, 3.05) is 18.9 Å². The maximum absolute atomic E-state index is 11.5. The minimum absolute atomic E-state index is 0.0622. The van der Waals surface area contributed by atoms with Gasteiger partial charge in [0.2, 0.25) is 5.89 Å². The first-order chi connectivity index (χ1) is 9.24. The minimum Gasteiger partial charge on any atom is -0.484 e. The molecule has 0 aliphatic carbocycles. The Labute approximate surface area is 109 Å². The van der Waals surface area contributed by atoms with Gasteiger partial charge in [0, 0.05) is 24.7 Å². The maximum Gasteiger partial charge on any atom is 0.257 e. The highest BCUT2D eigenvalue weighted by molar-refractivity contribution is 5.77. The van der Waals surface area contributed by atoms with Crippen molar-refractivity contribution in [3.05, 3.63) is 36.5 Å². The molecule has 0 saturated heterocycles. The van der Waals surface area contributed by atoms with Crippen LogP contribution in [0.1, 0.15) is 5.89 Å². The first-order valence-corrected chi connectivity index (χ1v) is 5.74. The van der Waals surface area contributed by atoms with E-state index in [2.05, 4.69) is 15.5 Å². The highest BCUT2D eigenvalue weighted by Gasteiger charge is 2.04. The average molecular weight is 262 g/mol. The lowest BCUT2D eigenvalue weighted by Gasteiger charge is -2.07. The Morgan fingerprint density at radius 3 is 3.11 bits per heavy atom. The van der Waals surface area contributed by atoms with Crippen molar-refractivity contribution in [2.24, 2.45) is 0 Å². The summed E-state index contributed by atoms with van der Waals surface area (Å²) < 4.78 is 10.1. The lowest BCUT2D eigenvalue weighted by Crippen LogP contribution is -2.30. The van der Waals surface area contributed by atoms with E-state index in [1.54, 1.807) is 24.3 Å². The van der Waals surface area contributed by atoms with Crippen LogP contribution in [-0.4, -0.2) is 29.2 Å². The molecule has 100 valence electrons. The van der Waals surface area contributed by atoms with Crippen molar-refractivity contribution in [1.29, 1.82) is 0 Å². The summed E-state index contributed by atoms with van der Waals surface area (Å²) >= 11 is 0. The molecule has 0 bridgehead atoms. The number of nitrogens with one attached hydrogen (secondary N) is 1. The molecular formula is C12H14N4O3. The van der Waals surface area contributed by atoms with Crippen molar-refractivity contribution >= 4 is 11.6 Å². The smallest absolute Gasteiger partial charge is 0.257 e. The molecule has 0 aliphatic heterocycles. The highest BCUT2D eigenvalue weighted by Crippen LogP contribution is 2.13. The van der Waals surface area contributed by atoms with Crippen molar-refractivity contribution in [1.82, 2.24) is 15.5 Å². The molecule has 0 spiro atoms. The summed E-state index contributed by atoms with van der Waals surface area (Å²) in [6.07, 6.45) is 1.81. The predicted molar refractivity (Wildman–Crippen MR) is 67.4 cm³/mol. The normalized spacial score (nSPS) is 10.1. The number of ether oxygens (including phenoxy) is 1. The van der Waals surface area contributed by atoms with E-state index in [9.17, 15) is 4.79 Å². The number of benzene rings is 1. The Kier molecular flexibility index (Phi) is 4.33. The zero-order valence-electron chi connectivity index (χ0n) is 10.2. The number of nitrogen functional groups attached to an aromatic ring is 1. The number of aromatic nitrogens is 2. The Morgan fingerprint density at radius 2 is 2.37 bits per heavy atom. The molecule has 7 nitrogen and oxygen atoms in total. The third kappa shape index (κ3) is 4.30. The minimum atomic E-state index is -0.220. The second kappa shape index (κ2) is 6.39. The number of carbonyl (C=O) groups excluding carboxylic acids is 1. The lowest BCUT2D eigenvalue weighted by atomic mass is 10.3. The van der Waals surface area contributed by atoms with Crippen LogP contribution in [0.4, 0.5) is 5.69 Å². The van der Waals surface area contributed by atoms with Crippen LogP contribution in [0.3, 0.4) is 0 Å². The van der Waals surface area contributed by atoms with Gasteiger partial charge in [0.1, 0.15) is 5.75 Å². The molecule has 2 aromatic rings. The van der Waals surface area contributed by atoms with Crippen LogP contribution in [0.15, 0.2) is 35.1 Å². The SMILES string of the molecule is Nc1cccc(OCC(=O)NCCc2ncno2)c1. The number of nitrogens with zero attached hydrogens (tertiary/aromatic N) is 2. The molecule has 0 atom stereocenters. The molecule has 3 N–H and O–H groups in total. The first-order valence-electron chi connectivity index (χ1n) is 5.74. The number of rotatable bonds is 6. The van der Waals surface area contributed by atoms with E-state index in [4.69, 9.17) is 15.0 Å². The standard InChI is InChI=1S/C12H14N4O3/c13-9-2-1-3-10(6-9)18-7-11(17)14-5-4-12-15-8-16-19-12/h1-3,6,8H,4-5,7,13H2,(H,14,17). The molecular weight excluding hydrogens is 248 g/mol. The van der Waals surface area contributed by atoms with Crippen LogP contribution in [-0.2, 0) is 11.2 Å². The second-order valence-corrected chi connectivity index (χ2v) is 3.80. The molecule has 0 saturated carbocycles. The van der Waals surface area contributed by atoms with Gasteiger partial charge in [0.05, 0.1) is 0 Å². The molecule has 2 rings (SSSR count). The van der Waals surface area contributed by atoms with Crippen LogP contribution < -0.4 is 15.8 Å². The first kappa shape index (κ1) is 12.9. The van der Waals surface area contributed by atoms with E-state index in [0.717, 1.165) is 0 Å². The lowest BCUT2D eigenvalue weighted by molar-refractivity contribution is -0.123. The third-order valence-electron chi connectivity index (χ3n) is 2.30. The van der Waals surface area contributed by atoms with Crippen LogP contribution in [0.25, 0.3) is 0 Å². The van der Waals surface area contributed by atoms with E-state index in [1.807, 2.05) is 0 Å². The zero-order chi connectivity index (χ0) is 13.5. The number of hydrogen-bond acceptors (Lipinski definition) is 6. The Hall–Kier alpha value is -2.57. The second-order valence-electron chi connectivity index (χ2n) is 3.80. The summed E-state index contributed by atoms with van der Waals surface area (Å²) in [5.74, 6) is 0.825. The number of amides is 1. The van der Waals surface area contributed by atoms with Gasteiger partial charge in [0.15, 0.2) is 12.9 Å². The highest BCUT2D eigenvalue weighted by atomic mass is 16.5. The molecule has 0 fully saturated rings. The van der Waals surface area contributed by atoms with Gasteiger partial charge in [-0.25, -0.2) is 0 Å². The summed E-state index contributed by atoms with van der Waals surface area (Å²) in [4.78, 5) is 15.3. The number of nitrogens with two attached hydrogens (primary N) is 1. The van der Waals surface area contributed by atoms with Gasteiger partial charge in [0.25, 0.3) is 5.91 Å². The van der Waals surface area contributed by atoms with E-state index < -0.39 is 0 Å². The molecule has 1 heterocycles. The van der Waals surface area contributed by atoms with Crippen LogP contribution in [0.2, 0.25) is 0 Å². The molecule has 19 heavy (non-hydrogen) atoms. The molecule has 0 unspecified atom stereocenters. The Balaban J connectivity index is 1.67.